The zero-order valence-electron chi connectivity index (χ0n) is 14.6. The largest absolute Gasteiger partial charge is 0.352 e. The number of nitrogens with one attached hydrogen (secondary N) is 1. The fraction of sp³-hybridized carbons (Fsp3) is 0.316. The minimum Gasteiger partial charge on any atom is -0.352 e. The van der Waals surface area contributed by atoms with Gasteiger partial charge in [0.25, 0.3) is 0 Å². The molecule has 2 aromatic rings. The van der Waals surface area contributed by atoms with Crippen molar-refractivity contribution in [2.75, 3.05) is 13.1 Å². The summed E-state index contributed by atoms with van der Waals surface area (Å²) in [4.78, 5) is 12.7. The van der Waals surface area contributed by atoms with E-state index in [2.05, 4.69) is 21.2 Å². The summed E-state index contributed by atoms with van der Waals surface area (Å²) in [6.45, 7) is 1.04. The Bertz CT molecular complexity index is 911. The van der Waals surface area contributed by atoms with E-state index in [1.165, 1.54) is 4.31 Å². The Balaban J connectivity index is 1.56. The third kappa shape index (κ3) is 4.90. The van der Waals surface area contributed by atoms with E-state index in [0.717, 1.165) is 10.0 Å². The lowest BCUT2D eigenvalue weighted by molar-refractivity contribution is -0.126. The van der Waals surface area contributed by atoms with Gasteiger partial charge in [-0.05, 0) is 48.7 Å². The van der Waals surface area contributed by atoms with Crippen molar-refractivity contribution in [2.24, 2.45) is 5.92 Å². The number of rotatable bonds is 5. The molecule has 0 spiro atoms. The third-order valence-corrected chi connectivity index (χ3v) is 7.50. The van der Waals surface area contributed by atoms with Crippen LogP contribution in [0.2, 0.25) is 5.02 Å². The smallest absolute Gasteiger partial charge is 0.243 e. The van der Waals surface area contributed by atoms with Crippen LogP contribution in [0.5, 0.6) is 0 Å². The number of halogens is 2. The number of hydrogen-bond donors (Lipinski definition) is 1. The van der Waals surface area contributed by atoms with Crippen LogP contribution in [0, 0.1) is 5.92 Å². The van der Waals surface area contributed by atoms with Gasteiger partial charge in [-0.1, -0.05) is 45.7 Å². The van der Waals surface area contributed by atoms with E-state index in [-0.39, 0.29) is 16.7 Å². The van der Waals surface area contributed by atoms with Crippen LogP contribution in [0.25, 0.3) is 0 Å². The fourth-order valence-corrected chi connectivity index (χ4v) is 5.02. The molecule has 2 aromatic carbocycles. The molecule has 144 valence electrons. The number of nitrogens with zero attached hydrogens (tertiary/aromatic N) is 1. The lowest BCUT2D eigenvalue weighted by Crippen LogP contribution is -2.42. The minimum absolute atomic E-state index is 0.0596. The molecule has 0 radical (unpaired) electrons. The molecule has 1 heterocycles. The Hall–Kier alpha value is -1.41. The summed E-state index contributed by atoms with van der Waals surface area (Å²) < 4.78 is 27.7. The van der Waals surface area contributed by atoms with Crippen LogP contribution in [0.15, 0.2) is 57.9 Å². The van der Waals surface area contributed by atoms with Gasteiger partial charge < -0.3 is 5.32 Å². The van der Waals surface area contributed by atoms with E-state index in [1.807, 2.05) is 18.2 Å². The summed E-state index contributed by atoms with van der Waals surface area (Å²) >= 11 is 9.41. The van der Waals surface area contributed by atoms with Gasteiger partial charge in [0.15, 0.2) is 0 Å². The van der Waals surface area contributed by atoms with Crippen LogP contribution in [-0.4, -0.2) is 31.7 Å². The van der Waals surface area contributed by atoms with Gasteiger partial charge in [0.05, 0.1) is 4.90 Å². The first-order valence-electron chi connectivity index (χ1n) is 8.65. The molecule has 1 N–H and O–H groups in total. The summed E-state index contributed by atoms with van der Waals surface area (Å²) in [6, 6.07) is 14.0. The molecule has 8 heteroatoms. The van der Waals surface area contributed by atoms with Crippen molar-refractivity contribution in [1.82, 2.24) is 9.62 Å². The molecule has 1 aliphatic rings. The van der Waals surface area contributed by atoms with Crippen molar-refractivity contribution in [3.63, 3.8) is 0 Å². The zero-order valence-corrected chi connectivity index (χ0v) is 17.7. The molecule has 1 saturated heterocycles. The van der Waals surface area contributed by atoms with Gasteiger partial charge in [-0.15, -0.1) is 0 Å². The summed E-state index contributed by atoms with van der Waals surface area (Å²) in [5.41, 5.74) is 0.864. The average Bonchev–Trinajstić information content (AvgIpc) is 2.67. The van der Waals surface area contributed by atoms with E-state index < -0.39 is 10.0 Å². The van der Waals surface area contributed by atoms with Gasteiger partial charge in [0.1, 0.15) is 0 Å². The first-order valence-corrected chi connectivity index (χ1v) is 11.3. The van der Waals surface area contributed by atoms with Crippen LogP contribution < -0.4 is 5.32 Å². The molecular formula is C19H20BrClN2O3S. The van der Waals surface area contributed by atoms with Crippen molar-refractivity contribution < 1.29 is 13.2 Å². The van der Waals surface area contributed by atoms with Crippen LogP contribution in [0.4, 0.5) is 0 Å². The zero-order chi connectivity index (χ0) is 19.4. The Morgan fingerprint density at radius 1 is 1.11 bits per heavy atom. The average molecular weight is 472 g/mol. The van der Waals surface area contributed by atoms with Gasteiger partial charge in [-0.2, -0.15) is 4.31 Å². The Morgan fingerprint density at radius 3 is 2.37 bits per heavy atom. The minimum atomic E-state index is -3.53. The molecule has 0 bridgehead atoms. The Kier molecular flexibility index (Phi) is 6.57. The van der Waals surface area contributed by atoms with Crippen molar-refractivity contribution in [2.45, 2.75) is 24.3 Å². The number of sulfonamides is 1. The van der Waals surface area contributed by atoms with Crippen molar-refractivity contribution >= 4 is 43.5 Å². The second-order valence-electron chi connectivity index (χ2n) is 6.44. The highest BCUT2D eigenvalue weighted by molar-refractivity contribution is 9.10. The predicted octanol–water partition coefficient (Wildman–Crippen LogP) is 3.82. The quantitative estimate of drug-likeness (QED) is 0.721. The van der Waals surface area contributed by atoms with Crippen molar-refractivity contribution in [1.29, 1.82) is 0 Å². The van der Waals surface area contributed by atoms with E-state index in [0.29, 0.717) is 37.5 Å². The fourth-order valence-electron chi connectivity index (χ4n) is 3.08. The molecule has 1 aliphatic heterocycles. The molecule has 0 aromatic heterocycles. The lowest BCUT2D eigenvalue weighted by Gasteiger charge is -2.30. The summed E-state index contributed by atoms with van der Waals surface area (Å²) in [7, 11) is -3.53. The number of benzene rings is 2. The molecule has 27 heavy (non-hydrogen) atoms. The predicted molar refractivity (Wildman–Crippen MR) is 109 cm³/mol. The summed E-state index contributed by atoms with van der Waals surface area (Å²) in [5.74, 6) is -0.250. The molecule has 1 fully saturated rings. The maximum Gasteiger partial charge on any atom is 0.243 e. The van der Waals surface area contributed by atoms with Crippen LogP contribution >= 0.6 is 27.5 Å². The molecule has 1 amide bonds. The standard InChI is InChI=1S/C19H20BrClN2O3S/c20-16-5-7-17(8-6-16)27(25,26)23-11-9-14(10-12-23)19(24)22-13-15-3-1-2-4-18(15)21/h1-8,14H,9-13H2,(H,22,24). The maximum atomic E-state index is 12.7. The van der Waals surface area contributed by atoms with Crippen molar-refractivity contribution in [3.05, 3.63) is 63.6 Å². The van der Waals surface area contributed by atoms with E-state index in [4.69, 9.17) is 11.6 Å². The molecular weight excluding hydrogens is 452 g/mol. The number of carbonyl (C=O) groups is 1. The second-order valence-corrected chi connectivity index (χ2v) is 9.70. The number of piperidine rings is 1. The number of hydrogen-bond acceptors (Lipinski definition) is 3. The van der Waals surface area contributed by atoms with Crippen LogP contribution in [0.1, 0.15) is 18.4 Å². The van der Waals surface area contributed by atoms with Crippen LogP contribution in [-0.2, 0) is 21.4 Å². The molecule has 0 unspecified atom stereocenters. The lowest BCUT2D eigenvalue weighted by atomic mass is 9.97. The second kappa shape index (κ2) is 8.73. The maximum absolute atomic E-state index is 12.7. The van der Waals surface area contributed by atoms with Gasteiger partial charge >= 0.3 is 0 Å². The first-order chi connectivity index (χ1) is 12.9. The highest BCUT2D eigenvalue weighted by atomic mass is 79.9. The molecule has 0 aliphatic carbocycles. The normalized spacial score (nSPS) is 16.2. The van der Waals surface area contributed by atoms with Gasteiger partial charge in [0.2, 0.25) is 15.9 Å². The first kappa shape index (κ1) is 20.3. The molecule has 5 nitrogen and oxygen atoms in total. The topological polar surface area (TPSA) is 66.5 Å². The monoisotopic (exact) mass is 470 g/mol. The van der Waals surface area contributed by atoms with Gasteiger partial charge in [0, 0.05) is 35.0 Å². The summed E-state index contributed by atoms with van der Waals surface area (Å²) in [5, 5.41) is 3.52. The molecule has 0 saturated carbocycles. The molecule has 0 atom stereocenters. The van der Waals surface area contributed by atoms with E-state index >= 15 is 0 Å². The Labute approximate surface area is 172 Å². The van der Waals surface area contributed by atoms with Crippen LogP contribution in [0.3, 0.4) is 0 Å². The highest BCUT2D eigenvalue weighted by Gasteiger charge is 2.32. The summed E-state index contributed by atoms with van der Waals surface area (Å²) in [6.07, 6.45) is 1.01. The SMILES string of the molecule is O=C(NCc1ccccc1Cl)C1CCN(S(=O)(=O)c2ccc(Br)cc2)CC1. The van der Waals surface area contributed by atoms with Crippen molar-refractivity contribution in [3.8, 4) is 0 Å². The Morgan fingerprint density at radius 2 is 1.74 bits per heavy atom. The number of amides is 1. The van der Waals surface area contributed by atoms with Gasteiger partial charge in [-0.3, -0.25) is 4.79 Å². The van der Waals surface area contributed by atoms with E-state index in [1.54, 1.807) is 30.3 Å². The third-order valence-electron chi connectivity index (χ3n) is 4.69. The molecule has 3 rings (SSSR count). The highest BCUT2D eigenvalue weighted by Crippen LogP contribution is 2.25. The van der Waals surface area contributed by atoms with Gasteiger partial charge in [-0.25, -0.2) is 8.42 Å². The number of carbonyl (C=O) groups excluding carboxylic acids is 1. The van der Waals surface area contributed by atoms with E-state index in [9.17, 15) is 13.2 Å².